The average Bonchev–Trinajstić information content (AvgIpc) is 2.61. The van der Waals surface area contributed by atoms with Crippen molar-refractivity contribution in [3.05, 3.63) is 23.8 Å². The van der Waals surface area contributed by atoms with Crippen molar-refractivity contribution in [2.45, 2.75) is 73.1 Å². The summed E-state index contributed by atoms with van der Waals surface area (Å²) in [5.74, 6) is -2.14. The number of benzene rings is 1. The van der Waals surface area contributed by atoms with Crippen molar-refractivity contribution in [3.8, 4) is 11.5 Å². The molecule has 0 bridgehead atoms. The summed E-state index contributed by atoms with van der Waals surface area (Å²) in [6.07, 6.45) is -1.27. The summed E-state index contributed by atoms with van der Waals surface area (Å²) >= 11 is 0. The molecule has 1 aromatic rings. The maximum absolute atomic E-state index is 12.4. The molecule has 1 rings (SSSR count). The summed E-state index contributed by atoms with van der Waals surface area (Å²) in [5.41, 5.74) is 5.85. The van der Waals surface area contributed by atoms with Crippen LogP contribution in [0.4, 0.5) is 0 Å². The molecule has 9 nitrogen and oxygen atoms in total. The fourth-order valence-electron chi connectivity index (χ4n) is 2.30. The maximum Gasteiger partial charge on any atom is 0.323 e. The van der Waals surface area contributed by atoms with Crippen LogP contribution in [0.15, 0.2) is 18.2 Å². The van der Waals surface area contributed by atoms with Crippen LogP contribution in [-0.4, -0.2) is 42.1 Å². The van der Waals surface area contributed by atoms with Crippen LogP contribution in [0.3, 0.4) is 0 Å². The highest BCUT2D eigenvalue weighted by molar-refractivity contribution is 5.77. The molecule has 31 heavy (non-hydrogen) atoms. The van der Waals surface area contributed by atoms with Gasteiger partial charge in [-0.3, -0.25) is 19.2 Å². The van der Waals surface area contributed by atoms with Crippen LogP contribution in [-0.2, 0) is 35.1 Å². The monoisotopic (exact) mass is 437 g/mol. The highest BCUT2D eigenvalue weighted by atomic mass is 16.6. The molecular weight excluding hydrogens is 406 g/mol. The zero-order chi connectivity index (χ0) is 23.9. The van der Waals surface area contributed by atoms with Gasteiger partial charge in [-0.1, -0.05) is 6.07 Å². The van der Waals surface area contributed by atoms with E-state index in [1.54, 1.807) is 40.7 Å². The Labute approximate surface area is 182 Å². The van der Waals surface area contributed by atoms with Crippen molar-refractivity contribution in [3.63, 3.8) is 0 Å². The number of esters is 4. The first-order valence-electron chi connectivity index (χ1n) is 9.87. The van der Waals surface area contributed by atoms with E-state index < -0.39 is 47.5 Å². The second-order valence-corrected chi connectivity index (χ2v) is 8.28. The molecule has 9 heteroatoms. The number of ether oxygens (including phenoxy) is 4. The number of rotatable bonds is 8. The van der Waals surface area contributed by atoms with E-state index in [0.717, 1.165) is 0 Å². The molecule has 1 aromatic carbocycles. The van der Waals surface area contributed by atoms with Crippen LogP contribution < -0.4 is 15.2 Å². The van der Waals surface area contributed by atoms with Crippen LogP contribution in [0.25, 0.3) is 0 Å². The van der Waals surface area contributed by atoms with E-state index in [0.29, 0.717) is 5.56 Å². The first kappa shape index (κ1) is 26.1. The SMILES string of the molecule is CC(=O)Oc1ccc(C[C@H](N)C(=O)O[C@@H](C)C(C)OC(=O)C(C)(C)C)cc1OC(C)=O. The topological polar surface area (TPSA) is 131 Å². The predicted octanol–water partition coefficient (Wildman–Crippen LogP) is 2.32. The maximum atomic E-state index is 12.4. The third-order valence-electron chi connectivity index (χ3n) is 4.14. The second-order valence-electron chi connectivity index (χ2n) is 8.28. The number of nitrogens with two attached hydrogens (primary N) is 1. The minimum absolute atomic E-state index is 0.0388. The molecule has 0 heterocycles. The first-order valence-corrected chi connectivity index (χ1v) is 9.87. The normalized spacial score (nSPS) is 14.1. The highest BCUT2D eigenvalue weighted by Gasteiger charge is 2.29. The molecule has 0 saturated carbocycles. The van der Waals surface area contributed by atoms with Gasteiger partial charge in [0.05, 0.1) is 5.41 Å². The van der Waals surface area contributed by atoms with Gasteiger partial charge in [0.25, 0.3) is 0 Å². The van der Waals surface area contributed by atoms with E-state index in [9.17, 15) is 19.2 Å². The molecule has 2 N–H and O–H groups in total. The van der Waals surface area contributed by atoms with Crippen molar-refractivity contribution >= 4 is 23.9 Å². The van der Waals surface area contributed by atoms with E-state index in [-0.39, 0.29) is 17.9 Å². The van der Waals surface area contributed by atoms with E-state index in [1.165, 1.54) is 26.0 Å². The van der Waals surface area contributed by atoms with Crippen molar-refractivity contribution < 1.29 is 38.1 Å². The molecular formula is C22H31NO8. The Bertz CT molecular complexity index is 827. The Hall–Kier alpha value is -2.94. The van der Waals surface area contributed by atoms with Gasteiger partial charge >= 0.3 is 23.9 Å². The van der Waals surface area contributed by atoms with E-state index in [1.807, 2.05) is 0 Å². The lowest BCUT2D eigenvalue weighted by Crippen LogP contribution is -2.40. The van der Waals surface area contributed by atoms with Crippen molar-refractivity contribution in [2.75, 3.05) is 0 Å². The van der Waals surface area contributed by atoms with Crippen molar-refractivity contribution in [1.29, 1.82) is 0 Å². The molecule has 0 fully saturated rings. The minimum atomic E-state index is -1.02. The van der Waals surface area contributed by atoms with Gasteiger partial charge in [-0.15, -0.1) is 0 Å². The third-order valence-corrected chi connectivity index (χ3v) is 4.14. The van der Waals surface area contributed by atoms with E-state index in [4.69, 9.17) is 24.7 Å². The Morgan fingerprint density at radius 1 is 0.903 bits per heavy atom. The Morgan fingerprint density at radius 3 is 1.94 bits per heavy atom. The number of carbonyl (C=O) groups is 4. The van der Waals surface area contributed by atoms with E-state index in [2.05, 4.69) is 0 Å². The molecule has 0 spiro atoms. The molecule has 0 aliphatic carbocycles. The minimum Gasteiger partial charge on any atom is -0.458 e. The summed E-state index contributed by atoms with van der Waals surface area (Å²) in [6.45, 7) is 10.9. The molecule has 0 amide bonds. The fourth-order valence-corrected chi connectivity index (χ4v) is 2.30. The van der Waals surface area contributed by atoms with Gasteiger partial charge in [0.1, 0.15) is 18.2 Å². The van der Waals surface area contributed by atoms with E-state index >= 15 is 0 Å². The Morgan fingerprint density at radius 2 is 1.42 bits per heavy atom. The zero-order valence-electron chi connectivity index (χ0n) is 19.0. The van der Waals surface area contributed by atoms with Crippen LogP contribution in [0, 0.1) is 5.41 Å². The van der Waals surface area contributed by atoms with Crippen LogP contribution in [0.5, 0.6) is 11.5 Å². The van der Waals surface area contributed by atoms with Gasteiger partial charge in [-0.2, -0.15) is 0 Å². The smallest absolute Gasteiger partial charge is 0.323 e. The van der Waals surface area contributed by atoms with Gasteiger partial charge in [-0.25, -0.2) is 0 Å². The lowest BCUT2D eigenvalue weighted by atomic mass is 9.97. The number of hydrogen-bond acceptors (Lipinski definition) is 9. The summed E-state index contributed by atoms with van der Waals surface area (Å²) in [7, 11) is 0. The molecule has 0 aliphatic heterocycles. The van der Waals surface area contributed by atoms with Crippen molar-refractivity contribution in [2.24, 2.45) is 11.1 Å². The number of hydrogen-bond donors (Lipinski definition) is 1. The highest BCUT2D eigenvalue weighted by Crippen LogP contribution is 2.29. The summed E-state index contributed by atoms with van der Waals surface area (Å²) < 4.78 is 20.7. The van der Waals surface area contributed by atoms with Gasteiger partial charge in [0, 0.05) is 13.8 Å². The van der Waals surface area contributed by atoms with Crippen LogP contribution in [0.1, 0.15) is 54.0 Å². The standard InChI is InChI=1S/C22H31NO8/c1-12(13(2)29-21(27)22(5,6)7)28-20(26)17(23)10-16-8-9-18(30-14(3)24)19(11-16)31-15(4)25/h8-9,11-13,17H,10,23H2,1-7H3/t12-,13?,17-/m0/s1. The average molecular weight is 437 g/mol. The van der Waals surface area contributed by atoms with Gasteiger partial charge in [-0.05, 0) is 58.7 Å². The second kappa shape index (κ2) is 10.9. The molecule has 0 aliphatic rings. The van der Waals surface area contributed by atoms with Gasteiger partial charge in [0.15, 0.2) is 11.5 Å². The molecule has 1 unspecified atom stereocenters. The lowest BCUT2D eigenvalue weighted by molar-refractivity contribution is -0.171. The van der Waals surface area contributed by atoms with Crippen LogP contribution in [0.2, 0.25) is 0 Å². The number of carbonyl (C=O) groups excluding carboxylic acids is 4. The molecule has 0 saturated heterocycles. The van der Waals surface area contributed by atoms with Gasteiger partial charge in [0.2, 0.25) is 0 Å². The van der Waals surface area contributed by atoms with Gasteiger partial charge < -0.3 is 24.7 Å². The Kier molecular flexibility index (Phi) is 9.18. The largest absolute Gasteiger partial charge is 0.458 e. The molecule has 3 atom stereocenters. The predicted molar refractivity (Wildman–Crippen MR) is 111 cm³/mol. The summed E-state index contributed by atoms with van der Waals surface area (Å²) in [4.78, 5) is 46.9. The summed E-state index contributed by atoms with van der Waals surface area (Å²) in [6, 6.07) is 3.49. The quantitative estimate of drug-likeness (QED) is 0.481. The zero-order valence-corrected chi connectivity index (χ0v) is 19.0. The lowest BCUT2D eigenvalue weighted by Gasteiger charge is -2.25. The fraction of sp³-hybridized carbons (Fsp3) is 0.545. The van der Waals surface area contributed by atoms with Crippen molar-refractivity contribution in [1.82, 2.24) is 0 Å². The van der Waals surface area contributed by atoms with Crippen LogP contribution >= 0.6 is 0 Å². The molecule has 0 aromatic heterocycles. The Balaban J connectivity index is 2.80. The molecule has 0 radical (unpaired) electrons. The summed E-state index contributed by atoms with van der Waals surface area (Å²) in [5, 5.41) is 0. The first-order chi connectivity index (χ1) is 14.2. The molecule has 172 valence electrons. The third kappa shape index (κ3) is 8.75.